The van der Waals surface area contributed by atoms with Crippen molar-refractivity contribution in [2.45, 2.75) is 44.8 Å². The van der Waals surface area contributed by atoms with Crippen molar-refractivity contribution in [1.82, 2.24) is 24.4 Å². The third-order valence-corrected chi connectivity index (χ3v) is 5.80. The Bertz CT molecular complexity index is 1340. The van der Waals surface area contributed by atoms with E-state index < -0.39 is 0 Å². The predicted octanol–water partition coefficient (Wildman–Crippen LogP) is 3.93. The summed E-state index contributed by atoms with van der Waals surface area (Å²) in [5.41, 5.74) is 3.58. The maximum atomic E-state index is 9.82. The Morgan fingerprint density at radius 3 is 2.67 bits per heavy atom. The molecule has 0 saturated heterocycles. The molecule has 2 N–H and O–H groups in total. The summed E-state index contributed by atoms with van der Waals surface area (Å²) in [5.74, 6) is 8.14. The summed E-state index contributed by atoms with van der Waals surface area (Å²) >= 11 is 0. The number of pyridine rings is 2. The molecule has 0 spiro atoms. The van der Waals surface area contributed by atoms with Gasteiger partial charge in [-0.1, -0.05) is 5.92 Å². The van der Waals surface area contributed by atoms with Crippen molar-refractivity contribution < 1.29 is 9.84 Å². The zero-order valence-electron chi connectivity index (χ0n) is 18.7. The van der Waals surface area contributed by atoms with Crippen LogP contribution in [0.25, 0.3) is 16.6 Å². The third kappa shape index (κ3) is 4.69. The lowest BCUT2D eigenvalue weighted by Crippen LogP contribution is -2.26. The molecule has 0 radical (unpaired) electrons. The minimum absolute atomic E-state index is 0.0740. The van der Waals surface area contributed by atoms with Gasteiger partial charge in [-0.05, 0) is 62.3 Å². The normalized spacial score (nSPS) is 18.0. The Hall–Kier alpha value is -3.83. The molecule has 8 nitrogen and oxygen atoms in total. The van der Waals surface area contributed by atoms with Crippen molar-refractivity contribution in [2.24, 2.45) is 7.05 Å². The number of anilines is 2. The second-order valence-electron chi connectivity index (χ2n) is 8.30. The van der Waals surface area contributed by atoms with E-state index in [1.165, 1.54) is 0 Å². The predicted molar refractivity (Wildman–Crippen MR) is 126 cm³/mol. The molecular formula is C25H26N6O2. The van der Waals surface area contributed by atoms with Crippen LogP contribution in [-0.2, 0) is 7.05 Å². The highest BCUT2D eigenvalue weighted by atomic mass is 16.5. The van der Waals surface area contributed by atoms with Crippen molar-refractivity contribution in [3.63, 3.8) is 0 Å². The molecule has 1 saturated carbocycles. The molecule has 1 aliphatic carbocycles. The minimum atomic E-state index is -0.220. The number of rotatable bonds is 5. The molecule has 1 fully saturated rings. The van der Waals surface area contributed by atoms with Crippen molar-refractivity contribution >= 4 is 17.2 Å². The first-order valence-corrected chi connectivity index (χ1v) is 11.1. The number of aliphatic hydroxyl groups excluding tert-OH is 1. The van der Waals surface area contributed by atoms with Crippen LogP contribution in [0.4, 0.5) is 11.6 Å². The van der Waals surface area contributed by atoms with Crippen LogP contribution in [0.15, 0.2) is 48.9 Å². The summed E-state index contributed by atoms with van der Waals surface area (Å²) in [4.78, 5) is 4.47. The van der Waals surface area contributed by atoms with Crippen LogP contribution >= 0.6 is 0 Å². The Labute approximate surface area is 192 Å². The summed E-state index contributed by atoms with van der Waals surface area (Å²) in [6.45, 7) is 1.80. The number of nitrogens with one attached hydrogen (secondary N) is 1. The standard InChI is InChI=1S/C25H26N6O2/c1-3-4-18-14-22(23(16-26-18)33-21-7-5-20(32)6-8-21)17-9-12-31-19(13-17)15-25(29-31)27-24-10-11-30(2)28-24/h9-16,20-21,32H,5-8H2,1-2H3,(H,27,28,29). The van der Waals surface area contributed by atoms with E-state index in [0.717, 1.165) is 59.7 Å². The molecule has 0 aromatic carbocycles. The second-order valence-corrected chi connectivity index (χ2v) is 8.30. The number of aryl methyl sites for hydroxylation is 1. The number of fused-ring (bicyclic) bond motifs is 1. The molecular weight excluding hydrogens is 416 g/mol. The van der Waals surface area contributed by atoms with E-state index in [2.05, 4.69) is 38.4 Å². The van der Waals surface area contributed by atoms with E-state index in [1.54, 1.807) is 17.8 Å². The van der Waals surface area contributed by atoms with E-state index in [-0.39, 0.29) is 12.2 Å². The lowest BCUT2D eigenvalue weighted by atomic mass is 9.95. The molecule has 0 unspecified atom stereocenters. The monoisotopic (exact) mass is 442 g/mol. The van der Waals surface area contributed by atoms with Gasteiger partial charge in [-0.2, -0.15) is 10.2 Å². The topological polar surface area (TPSA) is 89.5 Å². The number of aromatic nitrogens is 5. The largest absolute Gasteiger partial charge is 0.488 e. The van der Waals surface area contributed by atoms with Gasteiger partial charge in [0.2, 0.25) is 0 Å². The number of hydrogen-bond donors (Lipinski definition) is 2. The molecule has 0 atom stereocenters. The van der Waals surface area contributed by atoms with Crippen molar-refractivity contribution in [3.8, 4) is 28.7 Å². The van der Waals surface area contributed by atoms with Gasteiger partial charge in [0.15, 0.2) is 11.6 Å². The second kappa shape index (κ2) is 8.96. The molecule has 4 heterocycles. The Kier molecular flexibility index (Phi) is 5.71. The first-order valence-electron chi connectivity index (χ1n) is 11.1. The van der Waals surface area contributed by atoms with Gasteiger partial charge < -0.3 is 15.2 Å². The maximum Gasteiger partial charge on any atom is 0.154 e. The van der Waals surface area contributed by atoms with Crippen LogP contribution in [0.5, 0.6) is 5.75 Å². The lowest BCUT2D eigenvalue weighted by molar-refractivity contribution is 0.0667. The lowest BCUT2D eigenvalue weighted by Gasteiger charge is -2.27. The van der Waals surface area contributed by atoms with Gasteiger partial charge in [0, 0.05) is 37.1 Å². The molecule has 4 aromatic rings. The minimum Gasteiger partial charge on any atom is -0.488 e. The maximum absolute atomic E-state index is 9.82. The molecule has 8 heteroatoms. The van der Waals surface area contributed by atoms with Crippen molar-refractivity contribution in [2.75, 3.05) is 5.32 Å². The summed E-state index contributed by atoms with van der Waals surface area (Å²) < 4.78 is 9.92. The highest BCUT2D eigenvalue weighted by molar-refractivity contribution is 5.75. The van der Waals surface area contributed by atoms with Gasteiger partial charge in [0.1, 0.15) is 11.4 Å². The molecule has 1 aliphatic rings. The first-order chi connectivity index (χ1) is 16.1. The highest BCUT2D eigenvalue weighted by Gasteiger charge is 2.22. The van der Waals surface area contributed by atoms with Crippen LogP contribution in [0.2, 0.25) is 0 Å². The average molecular weight is 443 g/mol. The fourth-order valence-corrected chi connectivity index (χ4v) is 4.14. The van der Waals surface area contributed by atoms with Gasteiger partial charge in [0.25, 0.3) is 0 Å². The van der Waals surface area contributed by atoms with Crippen LogP contribution in [-0.4, -0.2) is 41.7 Å². The number of ether oxygens (including phenoxy) is 1. The number of aliphatic hydroxyl groups is 1. The number of nitrogens with zero attached hydrogens (tertiary/aromatic N) is 5. The van der Waals surface area contributed by atoms with Crippen LogP contribution in [0.3, 0.4) is 0 Å². The molecule has 33 heavy (non-hydrogen) atoms. The van der Waals surface area contributed by atoms with E-state index >= 15 is 0 Å². The van der Waals surface area contributed by atoms with Crippen LogP contribution < -0.4 is 10.1 Å². The smallest absolute Gasteiger partial charge is 0.154 e. The van der Waals surface area contributed by atoms with Gasteiger partial charge in [-0.15, -0.1) is 0 Å². The quantitative estimate of drug-likeness (QED) is 0.455. The molecule has 168 valence electrons. The van der Waals surface area contributed by atoms with Gasteiger partial charge >= 0.3 is 0 Å². The van der Waals surface area contributed by atoms with E-state index in [4.69, 9.17) is 4.74 Å². The fraction of sp³-hybridized carbons (Fsp3) is 0.320. The molecule has 0 aliphatic heterocycles. The van der Waals surface area contributed by atoms with E-state index in [0.29, 0.717) is 5.69 Å². The molecule has 4 aromatic heterocycles. The average Bonchev–Trinajstić information content (AvgIpc) is 3.41. The molecule has 0 amide bonds. The van der Waals surface area contributed by atoms with Gasteiger partial charge in [-0.3, -0.25) is 4.68 Å². The summed E-state index contributed by atoms with van der Waals surface area (Å²) in [6.07, 6.45) is 8.62. The molecule has 5 rings (SSSR count). The van der Waals surface area contributed by atoms with Gasteiger partial charge in [0.05, 0.1) is 23.9 Å². The van der Waals surface area contributed by atoms with Gasteiger partial charge in [-0.25, -0.2) is 9.50 Å². The SMILES string of the molecule is CC#Cc1cc(-c2ccn3nc(Nc4ccn(C)n4)cc3c2)c(OC2CCC(O)CC2)cn1. The summed E-state index contributed by atoms with van der Waals surface area (Å²) in [5, 5.41) is 22.0. The fourth-order valence-electron chi connectivity index (χ4n) is 4.14. The van der Waals surface area contributed by atoms with E-state index in [9.17, 15) is 5.11 Å². The Balaban J connectivity index is 1.47. The first kappa shape index (κ1) is 21.0. The van der Waals surface area contributed by atoms with Crippen molar-refractivity contribution in [1.29, 1.82) is 0 Å². The zero-order chi connectivity index (χ0) is 22.8. The number of hydrogen-bond acceptors (Lipinski definition) is 6. The Morgan fingerprint density at radius 1 is 1.06 bits per heavy atom. The Morgan fingerprint density at radius 2 is 1.91 bits per heavy atom. The van der Waals surface area contributed by atoms with E-state index in [1.807, 2.05) is 48.2 Å². The zero-order valence-corrected chi connectivity index (χ0v) is 18.7. The summed E-state index contributed by atoms with van der Waals surface area (Å²) in [6, 6.07) is 9.94. The molecule has 0 bridgehead atoms. The van der Waals surface area contributed by atoms with Crippen molar-refractivity contribution in [3.05, 3.63) is 54.6 Å². The van der Waals surface area contributed by atoms with Crippen LogP contribution in [0, 0.1) is 11.8 Å². The summed E-state index contributed by atoms with van der Waals surface area (Å²) in [7, 11) is 1.88. The third-order valence-electron chi connectivity index (χ3n) is 5.80. The van der Waals surface area contributed by atoms with Crippen LogP contribution in [0.1, 0.15) is 38.3 Å². The highest BCUT2D eigenvalue weighted by Crippen LogP contribution is 2.34.